The van der Waals surface area contributed by atoms with Crippen molar-refractivity contribution in [1.29, 1.82) is 0 Å². The van der Waals surface area contributed by atoms with E-state index in [1.807, 2.05) is 0 Å². The lowest BCUT2D eigenvalue weighted by Crippen LogP contribution is -2.08. The lowest BCUT2D eigenvalue weighted by atomic mass is 9.85. The normalized spacial score (nSPS) is 36.2. The first-order valence-electron chi connectivity index (χ1n) is 4.64. The first-order chi connectivity index (χ1) is 5.27. The summed E-state index contributed by atoms with van der Waals surface area (Å²) in [6, 6.07) is 0. The molecule has 2 rings (SSSR count). The van der Waals surface area contributed by atoms with E-state index in [1.54, 1.807) is 0 Å². The molecule has 2 atom stereocenters. The Hall–Kier alpha value is -0.520. The van der Waals surface area contributed by atoms with Crippen LogP contribution in [0.4, 0.5) is 0 Å². The van der Waals surface area contributed by atoms with Gasteiger partial charge in [0.05, 0.1) is 0 Å². The number of hydrogen-bond acceptors (Lipinski definition) is 0. The van der Waals surface area contributed by atoms with Crippen molar-refractivity contribution < 1.29 is 0 Å². The van der Waals surface area contributed by atoms with Crippen molar-refractivity contribution in [2.75, 3.05) is 0 Å². The molecule has 0 nitrogen and oxygen atoms in total. The van der Waals surface area contributed by atoms with E-state index in [4.69, 9.17) is 0 Å². The van der Waals surface area contributed by atoms with Gasteiger partial charge in [0.1, 0.15) is 0 Å². The van der Waals surface area contributed by atoms with Crippen LogP contribution in [0, 0.1) is 11.8 Å². The third-order valence-corrected chi connectivity index (χ3v) is 3.18. The van der Waals surface area contributed by atoms with Crippen LogP contribution in [0.3, 0.4) is 0 Å². The van der Waals surface area contributed by atoms with Gasteiger partial charge in [-0.2, -0.15) is 0 Å². The van der Waals surface area contributed by atoms with Crippen molar-refractivity contribution in [3.05, 3.63) is 23.3 Å². The van der Waals surface area contributed by atoms with Crippen LogP contribution in [0.15, 0.2) is 23.3 Å². The summed E-state index contributed by atoms with van der Waals surface area (Å²) in [5.74, 6) is 1.78. The fraction of sp³-hybridized carbons (Fsp3) is 0.636. The summed E-state index contributed by atoms with van der Waals surface area (Å²) in [6.45, 7) is 4.47. The fourth-order valence-corrected chi connectivity index (χ4v) is 2.34. The van der Waals surface area contributed by atoms with E-state index < -0.39 is 0 Å². The monoisotopic (exact) mass is 148 g/mol. The molecule has 0 amide bonds. The maximum atomic E-state index is 2.48. The predicted molar refractivity (Wildman–Crippen MR) is 48.3 cm³/mol. The van der Waals surface area contributed by atoms with Crippen LogP contribution in [-0.4, -0.2) is 0 Å². The predicted octanol–water partition coefficient (Wildman–Crippen LogP) is 3.31. The van der Waals surface area contributed by atoms with E-state index in [0.717, 1.165) is 11.8 Å². The maximum Gasteiger partial charge on any atom is -0.0164 e. The molecule has 2 unspecified atom stereocenters. The van der Waals surface area contributed by atoms with Gasteiger partial charge in [0.2, 0.25) is 0 Å². The third kappa shape index (κ3) is 1.15. The minimum atomic E-state index is 0.888. The summed E-state index contributed by atoms with van der Waals surface area (Å²) in [7, 11) is 0. The molecule has 0 spiro atoms. The Bertz CT molecular complexity index is 196. The van der Waals surface area contributed by atoms with Crippen LogP contribution in [0.25, 0.3) is 0 Å². The summed E-state index contributed by atoms with van der Waals surface area (Å²) >= 11 is 0. The molecule has 1 fully saturated rings. The first-order valence-corrected chi connectivity index (χ1v) is 4.64. The minimum Gasteiger partial charge on any atom is -0.0776 e. The zero-order chi connectivity index (χ0) is 7.84. The van der Waals surface area contributed by atoms with Gasteiger partial charge in [-0.1, -0.05) is 29.7 Å². The Balaban J connectivity index is 2.26. The van der Waals surface area contributed by atoms with E-state index >= 15 is 0 Å². The van der Waals surface area contributed by atoms with Crippen molar-refractivity contribution in [1.82, 2.24) is 0 Å². The van der Waals surface area contributed by atoms with Gasteiger partial charge in [0, 0.05) is 0 Å². The van der Waals surface area contributed by atoms with Crippen LogP contribution in [0.2, 0.25) is 0 Å². The molecule has 2 aliphatic carbocycles. The molecule has 0 aromatic heterocycles. The molecule has 60 valence electrons. The van der Waals surface area contributed by atoms with Crippen LogP contribution in [-0.2, 0) is 0 Å². The molecule has 0 heteroatoms. The Kier molecular flexibility index (Phi) is 1.63. The highest BCUT2D eigenvalue weighted by atomic mass is 14.3. The lowest BCUT2D eigenvalue weighted by Gasteiger charge is -2.20. The van der Waals surface area contributed by atoms with Gasteiger partial charge in [-0.15, -0.1) is 0 Å². The fourth-order valence-electron chi connectivity index (χ4n) is 2.34. The Morgan fingerprint density at radius 3 is 1.91 bits per heavy atom. The van der Waals surface area contributed by atoms with E-state index in [0.29, 0.717) is 0 Å². The Morgan fingerprint density at radius 1 is 1.00 bits per heavy atom. The van der Waals surface area contributed by atoms with Crippen molar-refractivity contribution in [3.63, 3.8) is 0 Å². The molecule has 0 aromatic carbocycles. The van der Waals surface area contributed by atoms with E-state index in [9.17, 15) is 0 Å². The van der Waals surface area contributed by atoms with Crippen molar-refractivity contribution in [2.45, 2.75) is 33.1 Å². The molecular weight excluding hydrogens is 132 g/mol. The Morgan fingerprint density at radius 2 is 1.45 bits per heavy atom. The minimum absolute atomic E-state index is 0.888. The smallest absolute Gasteiger partial charge is 0.0164 e. The van der Waals surface area contributed by atoms with Crippen LogP contribution in [0.1, 0.15) is 33.1 Å². The van der Waals surface area contributed by atoms with Gasteiger partial charge in [-0.25, -0.2) is 0 Å². The summed E-state index contributed by atoms with van der Waals surface area (Å²) in [6.07, 6.45) is 9.24. The lowest BCUT2D eigenvalue weighted by molar-refractivity contribution is 0.544. The number of hydrogen-bond donors (Lipinski definition) is 0. The van der Waals surface area contributed by atoms with Gasteiger partial charge in [-0.05, 0) is 38.5 Å². The SMILES string of the molecule is CC1=CC2CCCC2C=C1C. The summed E-state index contributed by atoms with van der Waals surface area (Å²) in [4.78, 5) is 0. The summed E-state index contributed by atoms with van der Waals surface area (Å²) in [5.41, 5.74) is 3.02. The third-order valence-electron chi connectivity index (χ3n) is 3.18. The first kappa shape index (κ1) is 7.15. The van der Waals surface area contributed by atoms with Crippen LogP contribution >= 0.6 is 0 Å². The van der Waals surface area contributed by atoms with E-state index in [-0.39, 0.29) is 0 Å². The zero-order valence-corrected chi connectivity index (χ0v) is 7.43. The second-order valence-corrected chi connectivity index (χ2v) is 3.96. The molecule has 2 aliphatic rings. The molecule has 0 aromatic rings. The molecular formula is C11H16. The molecule has 1 saturated carbocycles. The van der Waals surface area contributed by atoms with Crippen molar-refractivity contribution >= 4 is 0 Å². The molecule has 0 radical (unpaired) electrons. The van der Waals surface area contributed by atoms with Gasteiger partial charge >= 0.3 is 0 Å². The summed E-state index contributed by atoms with van der Waals surface area (Å²) in [5, 5.41) is 0. The van der Waals surface area contributed by atoms with Gasteiger partial charge < -0.3 is 0 Å². The van der Waals surface area contributed by atoms with Gasteiger partial charge in [-0.3, -0.25) is 0 Å². The van der Waals surface area contributed by atoms with Crippen LogP contribution in [0.5, 0.6) is 0 Å². The van der Waals surface area contributed by atoms with Gasteiger partial charge in [0.25, 0.3) is 0 Å². The topological polar surface area (TPSA) is 0 Å². The molecule has 11 heavy (non-hydrogen) atoms. The highest BCUT2D eigenvalue weighted by Crippen LogP contribution is 2.39. The highest BCUT2D eigenvalue weighted by molar-refractivity contribution is 5.33. The second kappa shape index (κ2) is 2.51. The molecule has 0 N–H and O–H groups in total. The number of fused-ring (bicyclic) bond motifs is 1. The van der Waals surface area contributed by atoms with Crippen molar-refractivity contribution in [3.8, 4) is 0 Å². The quantitative estimate of drug-likeness (QED) is 0.494. The van der Waals surface area contributed by atoms with Crippen molar-refractivity contribution in [2.24, 2.45) is 11.8 Å². The maximum absolute atomic E-state index is 2.48. The standard InChI is InChI=1S/C11H16/c1-8-6-10-4-3-5-11(10)7-9(8)2/h6-7,10-11H,3-5H2,1-2H3. The average Bonchev–Trinajstić information content (AvgIpc) is 2.36. The van der Waals surface area contributed by atoms with E-state index in [1.165, 1.54) is 30.4 Å². The average molecular weight is 148 g/mol. The van der Waals surface area contributed by atoms with Crippen LogP contribution < -0.4 is 0 Å². The molecule has 0 saturated heterocycles. The highest BCUT2D eigenvalue weighted by Gasteiger charge is 2.26. The number of rotatable bonds is 0. The summed E-state index contributed by atoms with van der Waals surface area (Å²) < 4.78 is 0. The Labute approximate surface area is 69.0 Å². The van der Waals surface area contributed by atoms with E-state index in [2.05, 4.69) is 26.0 Å². The molecule has 0 heterocycles. The second-order valence-electron chi connectivity index (χ2n) is 3.96. The zero-order valence-electron chi connectivity index (χ0n) is 7.43. The number of allylic oxidation sites excluding steroid dienone is 4. The molecule has 0 bridgehead atoms. The molecule has 0 aliphatic heterocycles. The largest absolute Gasteiger partial charge is 0.0776 e. The van der Waals surface area contributed by atoms with Gasteiger partial charge in [0.15, 0.2) is 0 Å².